The number of hydrogen-bond acceptors (Lipinski definition) is 3. The van der Waals surface area contributed by atoms with Gasteiger partial charge in [-0.3, -0.25) is 9.89 Å². The van der Waals surface area contributed by atoms with Crippen molar-refractivity contribution in [3.8, 4) is 0 Å². The summed E-state index contributed by atoms with van der Waals surface area (Å²) in [5.41, 5.74) is 1.06. The molecular weight excluding hydrogens is 218 g/mol. The van der Waals surface area contributed by atoms with Crippen molar-refractivity contribution in [2.75, 3.05) is 18.5 Å². The van der Waals surface area contributed by atoms with Gasteiger partial charge in [-0.2, -0.15) is 5.10 Å². The van der Waals surface area contributed by atoms with E-state index in [0.717, 1.165) is 31.4 Å². The first-order chi connectivity index (χ1) is 8.29. The summed E-state index contributed by atoms with van der Waals surface area (Å²) in [5, 5.41) is 9.86. The highest BCUT2D eigenvalue weighted by molar-refractivity contribution is 5.91. The second kappa shape index (κ2) is 5.82. The van der Waals surface area contributed by atoms with E-state index < -0.39 is 0 Å². The zero-order chi connectivity index (χ0) is 12.1. The lowest BCUT2D eigenvalue weighted by Crippen LogP contribution is -2.28. The molecule has 5 nitrogen and oxygen atoms in total. The Balaban J connectivity index is 1.88. The predicted molar refractivity (Wildman–Crippen MR) is 64.8 cm³/mol. The van der Waals surface area contributed by atoms with Gasteiger partial charge in [-0.15, -0.1) is 0 Å². The van der Waals surface area contributed by atoms with Crippen LogP contribution in [0.1, 0.15) is 31.9 Å². The summed E-state index contributed by atoms with van der Waals surface area (Å²) in [5.74, 6) is 0.753. The Kier molecular flexibility index (Phi) is 4.14. The number of carbonyl (C=O) groups excluding carboxylic acids is 1. The number of hydrogen-bond donors (Lipinski definition) is 2. The van der Waals surface area contributed by atoms with E-state index in [0.29, 0.717) is 19.0 Å². The number of anilines is 1. The molecule has 94 valence electrons. The van der Waals surface area contributed by atoms with Crippen LogP contribution in [-0.2, 0) is 16.0 Å². The maximum Gasteiger partial charge on any atom is 0.228 e. The molecule has 5 heteroatoms. The van der Waals surface area contributed by atoms with Crippen LogP contribution >= 0.6 is 0 Å². The third kappa shape index (κ3) is 3.30. The lowest BCUT2D eigenvalue weighted by Gasteiger charge is -2.20. The Morgan fingerprint density at radius 3 is 3.06 bits per heavy atom. The molecule has 2 rings (SSSR count). The van der Waals surface area contributed by atoms with Gasteiger partial charge < -0.3 is 10.1 Å². The second-order valence-corrected chi connectivity index (χ2v) is 4.40. The van der Waals surface area contributed by atoms with Crippen LogP contribution in [0.3, 0.4) is 0 Å². The van der Waals surface area contributed by atoms with E-state index in [4.69, 9.17) is 4.74 Å². The van der Waals surface area contributed by atoms with Crippen molar-refractivity contribution < 1.29 is 9.53 Å². The van der Waals surface area contributed by atoms with Crippen LogP contribution in [0, 0.1) is 5.92 Å². The third-order valence-electron chi connectivity index (χ3n) is 2.99. The van der Waals surface area contributed by atoms with E-state index in [9.17, 15) is 4.79 Å². The molecule has 0 aromatic carbocycles. The summed E-state index contributed by atoms with van der Waals surface area (Å²) in [7, 11) is 0. The largest absolute Gasteiger partial charge is 0.381 e. The predicted octanol–water partition coefficient (Wildman–Crippen LogP) is 1.73. The Bertz CT molecular complexity index is 370. The third-order valence-corrected chi connectivity index (χ3v) is 2.99. The average molecular weight is 237 g/mol. The van der Waals surface area contributed by atoms with Gasteiger partial charge in [0.25, 0.3) is 0 Å². The Morgan fingerprint density at radius 2 is 2.35 bits per heavy atom. The smallest absolute Gasteiger partial charge is 0.228 e. The van der Waals surface area contributed by atoms with E-state index in [1.165, 1.54) is 0 Å². The first-order valence-electron chi connectivity index (χ1n) is 6.22. The molecule has 1 amide bonds. The van der Waals surface area contributed by atoms with Gasteiger partial charge in [0, 0.05) is 30.9 Å². The molecule has 1 aromatic rings. The van der Waals surface area contributed by atoms with Gasteiger partial charge >= 0.3 is 0 Å². The molecular formula is C12H19N3O2. The van der Waals surface area contributed by atoms with Crippen LogP contribution < -0.4 is 5.32 Å². The fraction of sp³-hybridized carbons (Fsp3) is 0.667. The Hall–Kier alpha value is -1.36. The normalized spacial score (nSPS) is 17.0. The number of carbonyl (C=O) groups is 1. The van der Waals surface area contributed by atoms with E-state index in [1.54, 1.807) is 0 Å². The minimum absolute atomic E-state index is 0.0582. The van der Waals surface area contributed by atoms with Crippen LogP contribution in [0.25, 0.3) is 0 Å². The molecule has 1 aliphatic heterocycles. The average Bonchev–Trinajstić information content (AvgIpc) is 2.78. The fourth-order valence-electron chi connectivity index (χ4n) is 2.01. The first kappa shape index (κ1) is 12.1. The highest BCUT2D eigenvalue weighted by Gasteiger charge is 2.22. The topological polar surface area (TPSA) is 67.0 Å². The van der Waals surface area contributed by atoms with Gasteiger partial charge in [-0.05, 0) is 19.3 Å². The van der Waals surface area contributed by atoms with Crippen molar-refractivity contribution in [1.82, 2.24) is 10.2 Å². The SMILES string of the molecule is CCCc1cc(NC(=O)C2CCOCC2)n[nH]1. The van der Waals surface area contributed by atoms with Crippen molar-refractivity contribution in [1.29, 1.82) is 0 Å². The fourth-order valence-corrected chi connectivity index (χ4v) is 2.01. The van der Waals surface area contributed by atoms with Crippen molar-refractivity contribution in [2.45, 2.75) is 32.6 Å². The summed E-state index contributed by atoms with van der Waals surface area (Å²) >= 11 is 0. The van der Waals surface area contributed by atoms with Crippen LogP contribution in [0.2, 0.25) is 0 Å². The summed E-state index contributed by atoms with van der Waals surface area (Å²) in [6.45, 7) is 3.47. The van der Waals surface area contributed by atoms with Gasteiger partial charge in [0.1, 0.15) is 0 Å². The van der Waals surface area contributed by atoms with Gasteiger partial charge in [0.2, 0.25) is 5.91 Å². The maximum atomic E-state index is 11.9. The molecule has 0 radical (unpaired) electrons. The van der Waals surface area contributed by atoms with Crippen LogP contribution in [-0.4, -0.2) is 29.3 Å². The Labute approximate surface area is 101 Å². The van der Waals surface area contributed by atoms with E-state index in [-0.39, 0.29) is 11.8 Å². The highest BCUT2D eigenvalue weighted by Crippen LogP contribution is 2.17. The van der Waals surface area contributed by atoms with E-state index in [1.807, 2.05) is 6.07 Å². The van der Waals surface area contributed by atoms with Crippen LogP contribution in [0.4, 0.5) is 5.82 Å². The molecule has 1 saturated heterocycles. The zero-order valence-electron chi connectivity index (χ0n) is 10.2. The highest BCUT2D eigenvalue weighted by atomic mass is 16.5. The molecule has 0 saturated carbocycles. The number of aromatic amines is 1. The van der Waals surface area contributed by atoms with E-state index in [2.05, 4.69) is 22.4 Å². The number of aromatic nitrogens is 2. The molecule has 1 aromatic heterocycles. The first-order valence-corrected chi connectivity index (χ1v) is 6.22. The lowest BCUT2D eigenvalue weighted by molar-refractivity contribution is -0.122. The number of nitrogens with one attached hydrogen (secondary N) is 2. The molecule has 17 heavy (non-hydrogen) atoms. The molecule has 0 aliphatic carbocycles. The number of amides is 1. The monoisotopic (exact) mass is 237 g/mol. The van der Waals surface area contributed by atoms with Gasteiger partial charge in [0.05, 0.1) is 0 Å². The molecule has 1 fully saturated rings. The molecule has 0 unspecified atom stereocenters. The lowest BCUT2D eigenvalue weighted by atomic mass is 9.99. The second-order valence-electron chi connectivity index (χ2n) is 4.40. The molecule has 0 spiro atoms. The zero-order valence-corrected chi connectivity index (χ0v) is 10.2. The number of H-pyrrole nitrogens is 1. The van der Waals surface area contributed by atoms with Gasteiger partial charge in [0.15, 0.2) is 5.82 Å². The van der Waals surface area contributed by atoms with Crippen molar-refractivity contribution in [3.63, 3.8) is 0 Å². The standard InChI is InChI=1S/C12H19N3O2/c1-2-3-10-8-11(15-14-10)13-12(16)9-4-6-17-7-5-9/h8-9H,2-7H2,1H3,(H2,13,14,15,16). The summed E-state index contributed by atoms with van der Waals surface area (Å²) in [6, 6.07) is 1.90. The number of ether oxygens (including phenoxy) is 1. The summed E-state index contributed by atoms with van der Waals surface area (Å²) < 4.78 is 5.23. The molecule has 1 aliphatic rings. The molecule has 2 heterocycles. The molecule has 0 atom stereocenters. The number of rotatable bonds is 4. The van der Waals surface area contributed by atoms with Crippen LogP contribution in [0.5, 0.6) is 0 Å². The van der Waals surface area contributed by atoms with Crippen molar-refractivity contribution >= 4 is 11.7 Å². The maximum absolute atomic E-state index is 11.9. The van der Waals surface area contributed by atoms with Gasteiger partial charge in [-0.25, -0.2) is 0 Å². The van der Waals surface area contributed by atoms with Crippen molar-refractivity contribution in [2.24, 2.45) is 5.92 Å². The van der Waals surface area contributed by atoms with E-state index >= 15 is 0 Å². The summed E-state index contributed by atoms with van der Waals surface area (Å²) in [4.78, 5) is 11.9. The quantitative estimate of drug-likeness (QED) is 0.838. The Morgan fingerprint density at radius 1 is 1.59 bits per heavy atom. The number of nitrogens with zero attached hydrogens (tertiary/aromatic N) is 1. The minimum Gasteiger partial charge on any atom is -0.381 e. The van der Waals surface area contributed by atoms with Crippen molar-refractivity contribution in [3.05, 3.63) is 11.8 Å². The van der Waals surface area contributed by atoms with Crippen LogP contribution in [0.15, 0.2) is 6.07 Å². The van der Waals surface area contributed by atoms with Gasteiger partial charge in [-0.1, -0.05) is 13.3 Å². The number of aryl methyl sites for hydroxylation is 1. The molecule has 0 bridgehead atoms. The summed E-state index contributed by atoms with van der Waals surface area (Å²) in [6.07, 6.45) is 3.63. The minimum atomic E-state index is 0.0582. The molecule has 2 N–H and O–H groups in total.